The lowest BCUT2D eigenvalue weighted by molar-refractivity contribution is -0.172. The Bertz CT molecular complexity index is 941. The van der Waals surface area contributed by atoms with Crippen LogP contribution >= 0.6 is 0 Å². The molecule has 1 aromatic heterocycles. The van der Waals surface area contributed by atoms with Gasteiger partial charge in [-0.25, -0.2) is 9.59 Å². The molecule has 1 fully saturated rings. The molecule has 1 aromatic carbocycles. The Balaban J connectivity index is 2.03. The highest BCUT2D eigenvalue weighted by Crippen LogP contribution is 2.29. The summed E-state index contributed by atoms with van der Waals surface area (Å²) in [5.41, 5.74) is -0.379. The van der Waals surface area contributed by atoms with Crippen LogP contribution in [0.2, 0.25) is 0 Å². The average molecular weight is 331 g/mol. The van der Waals surface area contributed by atoms with Gasteiger partial charge in [-0.2, -0.15) is 0 Å². The summed E-state index contributed by atoms with van der Waals surface area (Å²) in [6, 6.07) is 2.79. The molecular weight excluding hydrogens is 318 g/mol. The number of hydrogen-bond acceptors (Lipinski definition) is 7. The molecule has 0 unspecified atom stereocenters. The second kappa shape index (κ2) is 5.48. The van der Waals surface area contributed by atoms with Gasteiger partial charge < -0.3 is 14.4 Å². The molecule has 0 aliphatic carbocycles. The van der Waals surface area contributed by atoms with Crippen molar-refractivity contribution in [3.63, 3.8) is 0 Å². The summed E-state index contributed by atoms with van der Waals surface area (Å²) in [4.78, 5) is 51.8. The van der Waals surface area contributed by atoms with Crippen molar-refractivity contribution in [3.8, 4) is 5.75 Å². The van der Waals surface area contributed by atoms with E-state index >= 15 is 0 Å². The first-order valence-electron chi connectivity index (χ1n) is 7.14. The Kier molecular flexibility index (Phi) is 3.59. The van der Waals surface area contributed by atoms with Crippen molar-refractivity contribution in [2.75, 3.05) is 0 Å². The number of aromatic hydroxyl groups is 1. The van der Waals surface area contributed by atoms with Gasteiger partial charge in [0.05, 0.1) is 0 Å². The molecule has 0 spiro atoms. The summed E-state index contributed by atoms with van der Waals surface area (Å²) in [6.07, 6.45) is -0.0911. The monoisotopic (exact) mass is 331 g/mol. The minimum atomic E-state index is -1.15. The molecular formula is C16H13NO7. The summed E-state index contributed by atoms with van der Waals surface area (Å²) >= 11 is 0. The topological polar surface area (TPSA) is 114 Å². The minimum absolute atomic E-state index is 0.00534. The van der Waals surface area contributed by atoms with Crippen LogP contribution in [0, 0.1) is 13.8 Å². The molecule has 2 amide bonds. The molecule has 8 heteroatoms. The molecule has 2 aromatic rings. The molecule has 124 valence electrons. The molecule has 0 atom stereocenters. The van der Waals surface area contributed by atoms with Crippen LogP contribution in [0.25, 0.3) is 11.0 Å². The lowest BCUT2D eigenvalue weighted by Gasteiger charge is -2.12. The van der Waals surface area contributed by atoms with Crippen molar-refractivity contribution >= 4 is 28.8 Å². The number of aryl methyl sites for hydroxylation is 2. The second-order valence-electron chi connectivity index (χ2n) is 5.49. The van der Waals surface area contributed by atoms with E-state index in [1.54, 1.807) is 19.9 Å². The molecule has 0 bridgehead atoms. The normalized spacial score (nSPS) is 14.5. The van der Waals surface area contributed by atoms with Gasteiger partial charge >= 0.3 is 11.6 Å². The van der Waals surface area contributed by atoms with Crippen LogP contribution in [0.3, 0.4) is 0 Å². The van der Waals surface area contributed by atoms with E-state index in [1.807, 2.05) is 0 Å². The highest BCUT2D eigenvalue weighted by Gasteiger charge is 2.34. The third-order valence-electron chi connectivity index (χ3n) is 3.82. The Morgan fingerprint density at radius 1 is 1.17 bits per heavy atom. The van der Waals surface area contributed by atoms with E-state index in [0.29, 0.717) is 21.6 Å². The van der Waals surface area contributed by atoms with Gasteiger partial charge in [0.2, 0.25) is 0 Å². The van der Waals surface area contributed by atoms with Gasteiger partial charge in [0, 0.05) is 23.8 Å². The fourth-order valence-electron chi connectivity index (χ4n) is 2.52. The highest BCUT2D eigenvalue weighted by atomic mass is 16.7. The number of phenolic OH excluding ortho intramolecular Hbond substituents is 1. The fraction of sp³-hybridized carbons (Fsp3) is 0.250. The molecule has 0 saturated carbocycles. The number of nitrogens with zero attached hydrogens (tertiary/aromatic N) is 1. The van der Waals surface area contributed by atoms with Crippen LogP contribution < -0.4 is 5.63 Å². The molecule has 1 N–H and O–H groups in total. The van der Waals surface area contributed by atoms with Gasteiger partial charge in [-0.3, -0.25) is 9.59 Å². The number of imide groups is 1. The third-order valence-corrected chi connectivity index (χ3v) is 3.82. The van der Waals surface area contributed by atoms with Crippen LogP contribution in [0.5, 0.6) is 5.75 Å². The molecule has 2 heterocycles. The summed E-state index contributed by atoms with van der Waals surface area (Å²) in [5, 5.41) is 10.7. The largest absolute Gasteiger partial charge is 0.507 e. The predicted molar refractivity (Wildman–Crippen MR) is 80.1 cm³/mol. The zero-order valence-corrected chi connectivity index (χ0v) is 12.9. The predicted octanol–water partition coefficient (Wildman–Crippen LogP) is 1.34. The van der Waals surface area contributed by atoms with Crippen molar-refractivity contribution in [3.05, 3.63) is 39.2 Å². The van der Waals surface area contributed by atoms with Crippen LogP contribution in [0.1, 0.15) is 34.3 Å². The maximum Gasteiger partial charge on any atom is 0.371 e. The van der Waals surface area contributed by atoms with Crippen LogP contribution in [0.15, 0.2) is 21.3 Å². The highest BCUT2D eigenvalue weighted by molar-refractivity contribution is 6.03. The summed E-state index contributed by atoms with van der Waals surface area (Å²) in [5.74, 6) is -2.45. The molecule has 1 aliphatic heterocycles. The van der Waals surface area contributed by atoms with Crippen LogP contribution in [-0.4, -0.2) is 28.0 Å². The Hall–Kier alpha value is -3.16. The Morgan fingerprint density at radius 3 is 2.42 bits per heavy atom. The van der Waals surface area contributed by atoms with E-state index in [-0.39, 0.29) is 24.2 Å². The number of amides is 2. The number of rotatable bonds is 2. The molecule has 0 radical (unpaired) electrons. The fourth-order valence-corrected chi connectivity index (χ4v) is 2.52. The summed E-state index contributed by atoms with van der Waals surface area (Å²) in [7, 11) is 0. The molecule has 1 saturated heterocycles. The first kappa shape index (κ1) is 15.7. The van der Waals surface area contributed by atoms with Crippen molar-refractivity contribution in [2.24, 2.45) is 0 Å². The Labute approximate surface area is 135 Å². The minimum Gasteiger partial charge on any atom is -0.507 e. The van der Waals surface area contributed by atoms with Crippen molar-refractivity contribution in [1.82, 2.24) is 5.06 Å². The summed E-state index contributed by atoms with van der Waals surface area (Å²) in [6.45, 7) is 3.24. The zero-order chi connectivity index (χ0) is 17.6. The standard InChI is InChI=1S/C16H13NO7/c1-7-5-9-6-10(15(21)23-14(9)8(2)13(7)20)16(22)24-17-11(18)3-4-12(17)19/h5-6,20H,3-4H2,1-2H3. The van der Waals surface area contributed by atoms with E-state index < -0.39 is 29.0 Å². The van der Waals surface area contributed by atoms with Gasteiger partial charge in [0.25, 0.3) is 11.8 Å². The summed E-state index contributed by atoms with van der Waals surface area (Å²) < 4.78 is 5.09. The van der Waals surface area contributed by atoms with E-state index in [0.717, 1.165) is 0 Å². The van der Waals surface area contributed by atoms with Crippen LogP contribution in [-0.2, 0) is 14.4 Å². The first-order chi connectivity index (χ1) is 11.3. The van der Waals surface area contributed by atoms with E-state index in [9.17, 15) is 24.3 Å². The van der Waals surface area contributed by atoms with Gasteiger partial charge in [-0.05, 0) is 31.5 Å². The smallest absolute Gasteiger partial charge is 0.371 e. The van der Waals surface area contributed by atoms with Gasteiger partial charge in [-0.15, -0.1) is 5.06 Å². The maximum atomic E-state index is 12.1. The van der Waals surface area contributed by atoms with E-state index in [2.05, 4.69) is 0 Å². The molecule has 8 nitrogen and oxygen atoms in total. The number of hydrogen-bond donors (Lipinski definition) is 1. The number of carbonyl (C=O) groups is 3. The second-order valence-corrected chi connectivity index (χ2v) is 5.49. The van der Waals surface area contributed by atoms with Gasteiger partial charge in [0.15, 0.2) is 0 Å². The molecule has 24 heavy (non-hydrogen) atoms. The SMILES string of the molecule is Cc1cc2cc(C(=O)ON3C(=O)CCC3=O)c(=O)oc2c(C)c1O. The molecule has 3 rings (SSSR count). The quantitative estimate of drug-likeness (QED) is 0.652. The van der Waals surface area contributed by atoms with Gasteiger partial charge in [-0.1, -0.05) is 0 Å². The van der Waals surface area contributed by atoms with Crippen molar-refractivity contribution < 1.29 is 28.7 Å². The zero-order valence-electron chi connectivity index (χ0n) is 12.9. The van der Waals surface area contributed by atoms with Crippen molar-refractivity contribution in [1.29, 1.82) is 0 Å². The Morgan fingerprint density at radius 2 is 1.79 bits per heavy atom. The number of fused-ring (bicyclic) bond motifs is 1. The number of hydroxylamine groups is 2. The lowest BCUT2D eigenvalue weighted by atomic mass is 10.1. The lowest BCUT2D eigenvalue weighted by Crippen LogP contribution is -2.33. The van der Waals surface area contributed by atoms with E-state index in [1.165, 1.54) is 6.07 Å². The average Bonchev–Trinajstić information content (AvgIpc) is 2.85. The number of carbonyl (C=O) groups excluding carboxylic acids is 3. The third kappa shape index (κ3) is 2.41. The maximum absolute atomic E-state index is 12.1. The van der Waals surface area contributed by atoms with Crippen molar-refractivity contribution in [2.45, 2.75) is 26.7 Å². The van der Waals surface area contributed by atoms with E-state index in [4.69, 9.17) is 9.25 Å². The van der Waals surface area contributed by atoms with Crippen LogP contribution in [0.4, 0.5) is 0 Å². The number of phenols is 1. The first-order valence-corrected chi connectivity index (χ1v) is 7.14. The molecule has 1 aliphatic rings. The number of benzene rings is 1. The van der Waals surface area contributed by atoms with Gasteiger partial charge in [0.1, 0.15) is 16.9 Å².